The lowest BCUT2D eigenvalue weighted by Crippen LogP contribution is -2.49. The third-order valence-electron chi connectivity index (χ3n) is 4.64. The van der Waals surface area contributed by atoms with Crippen molar-refractivity contribution in [1.82, 2.24) is 10.2 Å². The van der Waals surface area contributed by atoms with Crippen LogP contribution in [0.15, 0.2) is 0 Å². The monoisotopic (exact) mass is 210 g/mol. The van der Waals surface area contributed by atoms with Crippen LogP contribution in [0.2, 0.25) is 0 Å². The summed E-state index contributed by atoms with van der Waals surface area (Å²) >= 11 is 0. The summed E-state index contributed by atoms with van der Waals surface area (Å²) in [5.41, 5.74) is 0. The van der Waals surface area contributed by atoms with Crippen LogP contribution in [0.25, 0.3) is 0 Å². The van der Waals surface area contributed by atoms with Crippen LogP contribution >= 0.6 is 0 Å². The first-order valence-electron chi connectivity index (χ1n) is 6.30. The van der Waals surface area contributed by atoms with Crippen molar-refractivity contribution in [2.45, 2.75) is 50.4 Å². The molecule has 0 radical (unpaired) electrons. The van der Waals surface area contributed by atoms with E-state index < -0.39 is 0 Å². The van der Waals surface area contributed by atoms with Gasteiger partial charge in [-0.2, -0.15) is 0 Å². The Hall–Kier alpha value is -0.120. The number of ether oxygens (including phenoxy) is 1. The highest BCUT2D eigenvalue weighted by molar-refractivity contribution is 5.03. The molecule has 0 amide bonds. The van der Waals surface area contributed by atoms with E-state index in [0.717, 1.165) is 24.5 Å². The minimum atomic E-state index is 0.471. The van der Waals surface area contributed by atoms with Gasteiger partial charge in [0.2, 0.25) is 0 Å². The van der Waals surface area contributed by atoms with E-state index in [4.69, 9.17) is 4.74 Å². The third-order valence-corrected chi connectivity index (χ3v) is 4.64. The normalized spacial score (nSPS) is 50.4. The second-order valence-corrected chi connectivity index (χ2v) is 5.56. The molecule has 86 valence electrons. The van der Waals surface area contributed by atoms with E-state index in [1.54, 1.807) is 0 Å². The van der Waals surface area contributed by atoms with Gasteiger partial charge in [0.1, 0.15) is 0 Å². The van der Waals surface area contributed by atoms with E-state index in [-0.39, 0.29) is 0 Å². The predicted molar refractivity (Wildman–Crippen MR) is 59.9 cm³/mol. The first-order valence-corrected chi connectivity index (χ1v) is 6.30. The Morgan fingerprint density at radius 3 is 2.67 bits per heavy atom. The average molecular weight is 210 g/mol. The smallest absolute Gasteiger partial charge is 0.0713 e. The van der Waals surface area contributed by atoms with E-state index in [1.165, 1.54) is 25.8 Å². The van der Waals surface area contributed by atoms with Crippen LogP contribution in [0.3, 0.4) is 0 Å². The SMILES string of the molecule is COC1CC(C)N(C2CC3CNC2C3)C1. The number of likely N-dealkylation sites (tertiary alicyclic amines) is 1. The number of piperidine rings is 1. The molecule has 3 rings (SSSR count). The van der Waals surface area contributed by atoms with Crippen molar-refractivity contribution >= 4 is 0 Å². The molecule has 2 aliphatic heterocycles. The summed E-state index contributed by atoms with van der Waals surface area (Å²) in [6, 6.07) is 2.27. The van der Waals surface area contributed by atoms with Crippen molar-refractivity contribution < 1.29 is 4.74 Å². The molecule has 1 saturated carbocycles. The van der Waals surface area contributed by atoms with Crippen molar-refractivity contribution in [3.8, 4) is 0 Å². The van der Waals surface area contributed by atoms with Crippen LogP contribution in [0.5, 0.6) is 0 Å². The molecular weight excluding hydrogens is 188 g/mol. The summed E-state index contributed by atoms with van der Waals surface area (Å²) in [5, 5.41) is 3.65. The van der Waals surface area contributed by atoms with E-state index in [1.807, 2.05) is 7.11 Å². The number of fused-ring (bicyclic) bond motifs is 2. The lowest BCUT2D eigenvalue weighted by molar-refractivity contribution is 0.0932. The topological polar surface area (TPSA) is 24.5 Å². The van der Waals surface area contributed by atoms with Gasteiger partial charge in [0.15, 0.2) is 0 Å². The van der Waals surface area contributed by atoms with Gasteiger partial charge in [0.25, 0.3) is 0 Å². The highest BCUT2D eigenvalue weighted by Crippen LogP contribution is 2.37. The molecule has 3 fully saturated rings. The molecule has 3 nitrogen and oxygen atoms in total. The summed E-state index contributed by atoms with van der Waals surface area (Å²) in [7, 11) is 1.85. The molecule has 1 aliphatic carbocycles. The predicted octanol–water partition coefficient (Wildman–Crippen LogP) is 0.846. The Morgan fingerprint density at radius 2 is 2.13 bits per heavy atom. The standard InChI is InChI=1S/C12H22N2O/c1-8-3-10(15-2)7-14(8)12-5-9-4-11(12)13-6-9/h8-13H,3-7H2,1-2H3. The van der Waals surface area contributed by atoms with E-state index in [0.29, 0.717) is 12.1 Å². The van der Waals surface area contributed by atoms with Crippen LogP contribution in [-0.2, 0) is 4.74 Å². The van der Waals surface area contributed by atoms with Gasteiger partial charge in [-0.25, -0.2) is 0 Å². The Morgan fingerprint density at radius 1 is 1.27 bits per heavy atom. The second kappa shape index (κ2) is 3.72. The lowest BCUT2D eigenvalue weighted by Gasteiger charge is -2.34. The Bertz CT molecular complexity index is 246. The fraction of sp³-hybridized carbons (Fsp3) is 1.00. The van der Waals surface area contributed by atoms with Gasteiger partial charge >= 0.3 is 0 Å². The molecule has 2 saturated heterocycles. The highest BCUT2D eigenvalue weighted by Gasteiger charge is 2.45. The maximum Gasteiger partial charge on any atom is 0.0713 e. The van der Waals surface area contributed by atoms with Crippen LogP contribution in [0.4, 0.5) is 0 Å². The largest absolute Gasteiger partial charge is 0.380 e. The van der Waals surface area contributed by atoms with Gasteiger partial charge in [-0.05, 0) is 38.6 Å². The number of hydrogen-bond donors (Lipinski definition) is 1. The van der Waals surface area contributed by atoms with Gasteiger partial charge in [0.05, 0.1) is 6.10 Å². The molecule has 1 N–H and O–H groups in total. The van der Waals surface area contributed by atoms with Crippen molar-refractivity contribution in [3.05, 3.63) is 0 Å². The highest BCUT2D eigenvalue weighted by atomic mass is 16.5. The van der Waals surface area contributed by atoms with Gasteiger partial charge in [-0.15, -0.1) is 0 Å². The molecule has 5 atom stereocenters. The van der Waals surface area contributed by atoms with Crippen LogP contribution in [0, 0.1) is 5.92 Å². The minimum absolute atomic E-state index is 0.471. The maximum absolute atomic E-state index is 5.49. The number of nitrogens with zero attached hydrogens (tertiary/aromatic N) is 1. The summed E-state index contributed by atoms with van der Waals surface area (Å²) < 4.78 is 5.49. The number of hydrogen-bond acceptors (Lipinski definition) is 3. The average Bonchev–Trinajstić information content (AvgIpc) is 2.90. The molecular formula is C12H22N2O. The zero-order valence-electron chi connectivity index (χ0n) is 9.78. The number of methoxy groups -OCH3 is 1. The second-order valence-electron chi connectivity index (χ2n) is 5.56. The summed E-state index contributed by atoms with van der Waals surface area (Å²) in [4.78, 5) is 2.69. The molecule has 2 bridgehead atoms. The summed E-state index contributed by atoms with van der Waals surface area (Å²) in [6.07, 6.45) is 4.51. The molecule has 3 aliphatic rings. The van der Waals surface area contributed by atoms with Crippen molar-refractivity contribution in [3.63, 3.8) is 0 Å². The zero-order valence-corrected chi connectivity index (χ0v) is 9.78. The molecule has 0 aromatic heterocycles. The third kappa shape index (κ3) is 1.61. The maximum atomic E-state index is 5.49. The molecule has 0 aromatic carbocycles. The molecule has 2 heterocycles. The quantitative estimate of drug-likeness (QED) is 0.731. The van der Waals surface area contributed by atoms with Crippen LogP contribution < -0.4 is 5.32 Å². The lowest BCUT2D eigenvalue weighted by atomic mass is 10.1. The summed E-state index contributed by atoms with van der Waals surface area (Å²) in [5.74, 6) is 0.953. The van der Waals surface area contributed by atoms with Gasteiger partial charge in [0, 0.05) is 31.8 Å². The number of rotatable bonds is 2. The minimum Gasteiger partial charge on any atom is -0.380 e. The van der Waals surface area contributed by atoms with Crippen molar-refractivity contribution in [2.75, 3.05) is 20.2 Å². The first kappa shape index (κ1) is 10.1. The van der Waals surface area contributed by atoms with Crippen molar-refractivity contribution in [1.29, 1.82) is 0 Å². The fourth-order valence-corrected chi connectivity index (χ4v) is 3.83. The Labute approximate surface area is 92.2 Å². The summed E-state index contributed by atoms with van der Waals surface area (Å²) in [6.45, 7) is 4.76. The van der Waals surface area contributed by atoms with Gasteiger partial charge in [-0.3, -0.25) is 4.90 Å². The van der Waals surface area contributed by atoms with E-state index in [2.05, 4.69) is 17.1 Å². The van der Waals surface area contributed by atoms with E-state index >= 15 is 0 Å². The number of nitrogens with one attached hydrogen (secondary N) is 1. The molecule has 3 heteroatoms. The Kier molecular flexibility index (Phi) is 2.49. The fourth-order valence-electron chi connectivity index (χ4n) is 3.83. The molecule has 15 heavy (non-hydrogen) atoms. The molecule has 0 spiro atoms. The van der Waals surface area contributed by atoms with Crippen LogP contribution in [0.1, 0.15) is 26.2 Å². The zero-order chi connectivity index (χ0) is 10.4. The van der Waals surface area contributed by atoms with Gasteiger partial charge < -0.3 is 10.1 Å². The molecule has 5 unspecified atom stereocenters. The van der Waals surface area contributed by atoms with Gasteiger partial charge in [-0.1, -0.05) is 0 Å². The van der Waals surface area contributed by atoms with Crippen molar-refractivity contribution in [2.24, 2.45) is 5.92 Å². The first-order chi connectivity index (χ1) is 7.28. The van der Waals surface area contributed by atoms with Crippen LogP contribution in [-0.4, -0.2) is 49.3 Å². The molecule has 0 aromatic rings. The van der Waals surface area contributed by atoms with E-state index in [9.17, 15) is 0 Å². The Balaban J connectivity index is 1.67.